The minimum absolute atomic E-state index is 0.136. The van der Waals surface area contributed by atoms with Gasteiger partial charge in [0.15, 0.2) is 0 Å². The molecule has 0 unspecified atom stereocenters. The third-order valence-electron chi connectivity index (χ3n) is 5.22. The standard InChI is InChI=1S/C22H30O4/c1-21(2)10-9-17(16(13-21)14-23)18-11-15(7-8-19(18)25-5)12-22(3,4)20(24)26-6/h7-8,11,14H,9-10,12-13H2,1-6H3. The highest BCUT2D eigenvalue weighted by Gasteiger charge is 2.31. The zero-order valence-electron chi connectivity index (χ0n) is 16.8. The predicted molar refractivity (Wildman–Crippen MR) is 103 cm³/mol. The number of rotatable bonds is 6. The summed E-state index contributed by atoms with van der Waals surface area (Å²) in [5, 5.41) is 0. The van der Waals surface area contributed by atoms with Crippen LogP contribution < -0.4 is 4.74 Å². The number of carbonyl (C=O) groups excluding carboxylic acids is 2. The highest BCUT2D eigenvalue weighted by Crippen LogP contribution is 2.44. The van der Waals surface area contributed by atoms with Crippen LogP contribution in [0, 0.1) is 10.8 Å². The lowest BCUT2D eigenvalue weighted by molar-refractivity contribution is -0.150. The number of hydrogen-bond donors (Lipinski definition) is 0. The van der Waals surface area contributed by atoms with Crippen LogP contribution in [0.1, 0.15) is 58.1 Å². The van der Waals surface area contributed by atoms with Gasteiger partial charge in [0.05, 0.1) is 19.6 Å². The Morgan fingerprint density at radius 3 is 2.54 bits per heavy atom. The molecular weight excluding hydrogens is 328 g/mol. The summed E-state index contributed by atoms with van der Waals surface area (Å²) in [5.41, 5.74) is 3.42. The van der Waals surface area contributed by atoms with Gasteiger partial charge in [-0.2, -0.15) is 0 Å². The quantitative estimate of drug-likeness (QED) is 0.551. The lowest BCUT2D eigenvalue weighted by Crippen LogP contribution is -2.28. The second-order valence-corrected chi connectivity index (χ2v) is 8.55. The van der Waals surface area contributed by atoms with Gasteiger partial charge in [-0.1, -0.05) is 19.9 Å². The topological polar surface area (TPSA) is 52.6 Å². The maximum atomic E-state index is 12.0. The van der Waals surface area contributed by atoms with Crippen LogP contribution >= 0.6 is 0 Å². The van der Waals surface area contributed by atoms with Crippen LogP contribution in [0.3, 0.4) is 0 Å². The lowest BCUT2D eigenvalue weighted by Gasteiger charge is -2.32. The second kappa shape index (κ2) is 7.65. The Bertz CT molecular complexity index is 726. The van der Waals surface area contributed by atoms with Crippen molar-refractivity contribution in [3.05, 3.63) is 34.9 Å². The SMILES string of the molecule is COC(=O)C(C)(C)Cc1ccc(OC)c(C2=C(C=O)CC(C)(C)CC2)c1. The van der Waals surface area contributed by atoms with E-state index in [9.17, 15) is 9.59 Å². The lowest BCUT2D eigenvalue weighted by atomic mass is 9.73. The van der Waals surface area contributed by atoms with Crippen LogP contribution in [0.2, 0.25) is 0 Å². The normalized spacial score (nSPS) is 17.0. The molecule has 4 nitrogen and oxygen atoms in total. The van der Waals surface area contributed by atoms with Crippen molar-refractivity contribution in [2.75, 3.05) is 14.2 Å². The molecule has 0 atom stereocenters. The molecule has 0 spiro atoms. The third kappa shape index (κ3) is 4.35. The fraction of sp³-hybridized carbons (Fsp3) is 0.545. The van der Waals surface area contributed by atoms with E-state index >= 15 is 0 Å². The average molecular weight is 358 g/mol. The van der Waals surface area contributed by atoms with Gasteiger partial charge in [-0.3, -0.25) is 9.59 Å². The van der Waals surface area contributed by atoms with E-state index < -0.39 is 5.41 Å². The molecule has 1 aromatic carbocycles. The largest absolute Gasteiger partial charge is 0.496 e. The minimum atomic E-state index is -0.614. The molecule has 4 heteroatoms. The van der Waals surface area contributed by atoms with Crippen LogP contribution in [0.5, 0.6) is 5.75 Å². The van der Waals surface area contributed by atoms with Crippen LogP contribution in [0.15, 0.2) is 23.8 Å². The Hall–Kier alpha value is -2.10. The number of methoxy groups -OCH3 is 2. The number of aldehydes is 1. The fourth-order valence-corrected chi connectivity index (χ4v) is 3.71. The van der Waals surface area contributed by atoms with Crippen LogP contribution in [0.25, 0.3) is 5.57 Å². The van der Waals surface area contributed by atoms with Gasteiger partial charge < -0.3 is 9.47 Å². The zero-order chi connectivity index (χ0) is 19.5. The summed E-state index contributed by atoms with van der Waals surface area (Å²) in [7, 11) is 3.05. The highest BCUT2D eigenvalue weighted by molar-refractivity contribution is 5.90. The Labute approximate surface area is 156 Å². The molecule has 0 fully saturated rings. The molecule has 26 heavy (non-hydrogen) atoms. The number of carbonyl (C=O) groups is 2. The summed E-state index contributed by atoms with van der Waals surface area (Å²) in [6.07, 6.45) is 4.20. The van der Waals surface area contributed by atoms with E-state index in [4.69, 9.17) is 9.47 Å². The first-order chi connectivity index (χ1) is 12.1. The summed E-state index contributed by atoms with van der Waals surface area (Å²) in [4.78, 5) is 23.7. The molecule has 0 radical (unpaired) electrons. The van der Waals surface area contributed by atoms with Crippen molar-refractivity contribution in [2.45, 2.75) is 53.4 Å². The van der Waals surface area contributed by atoms with Gasteiger partial charge in [0.2, 0.25) is 0 Å². The molecule has 0 heterocycles. The van der Waals surface area contributed by atoms with Crippen molar-refractivity contribution in [1.29, 1.82) is 0 Å². The number of hydrogen-bond acceptors (Lipinski definition) is 4. The highest BCUT2D eigenvalue weighted by atomic mass is 16.5. The van der Waals surface area contributed by atoms with Crippen molar-refractivity contribution >= 4 is 17.8 Å². The molecule has 1 aromatic rings. The first-order valence-corrected chi connectivity index (χ1v) is 9.06. The fourth-order valence-electron chi connectivity index (χ4n) is 3.71. The van der Waals surface area contributed by atoms with Gasteiger partial charge in [-0.05, 0) is 73.8 Å². The predicted octanol–water partition coefficient (Wildman–Crippen LogP) is 4.60. The summed E-state index contributed by atoms with van der Waals surface area (Å²) in [5.74, 6) is 0.528. The summed E-state index contributed by atoms with van der Waals surface area (Å²) < 4.78 is 10.5. The molecule has 0 saturated carbocycles. The molecule has 0 N–H and O–H groups in total. The first kappa shape index (κ1) is 20.2. The number of benzene rings is 1. The zero-order valence-corrected chi connectivity index (χ0v) is 16.8. The van der Waals surface area contributed by atoms with E-state index in [0.717, 1.165) is 53.6 Å². The van der Waals surface area contributed by atoms with Crippen molar-refractivity contribution in [1.82, 2.24) is 0 Å². The van der Waals surface area contributed by atoms with Crippen LogP contribution in [0.4, 0.5) is 0 Å². The molecule has 0 amide bonds. The van der Waals surface area contributed by atoms with Gasteiger partial charge in [0.1, 0.15) is 12.0 Å². The number of allylic oxidation sites excluding steroid dienone is 2. The van der Waals surface area contributed by atoms with Gasteiger partial charge in [0.25, 0.3) is 0 Å². The third-order valence-corrected chi connectivity index (χ3v) is 5.22. The monoisotopic (exact) mass is 358 g/mol. The Balaban J connectivity index is 2.47. The van der Waals surface area contributed by atoms with Gasteiger partial charge >= 0.3 is 5.97 Å². The Kier molecular flexibility index (Phi) is 5.94. The van der Waals surface area contributed by atoms with Gasteiger partial charge in [-0.25, -0.2) is 0 Å². The maximum absolute atomic E-state index is 12.0. The van der Waals surface area contributed by atoms with Crippen molar-refractivity contribution in [2.24, 2.45) is 10.8 Å². The number of ether oxygens (including phenoxy) is 2. The summed E-state index contributed by atoms with van der Waals surface area (Å²) >= 11 is 0. The molecule has 0 saturated heterocycles. The molecule has 0 aliphatic heterocycles. The van der Waals surface area contributed by atoms with E-state index in [1.165, 1.54) is 7.11 Å². The van der Waals surface area contributed by atoms with Crippen molar-refractivity contribution < 1.29 is 19.1 Å². The van der Waals surface area contributed by atoms with E-state index in [1.807, 2.05) is 26.0 Å². The van der Waals surface area contributed by atoms with E-state index in [2.05, 4.69) is 19.9 Å². The smallest absolute Gasteiger partial charge is 0.311 e. The summed E-state index contributed by atoms with van der Waals surface area (Å²) in [6.45, 7) is 8.14. The second-order valence-electron chi connectivity index (χ2n) is 8.55. The molecule has 0 aromatic heterocycles. The van der Waals surface area contributed by atoms with Gasteiger partial charge in [-0.15, -0.1) is 0 Å². The molecular formula is C22H30O4. The molecule has 0 bridgehead atoms. The van der Waals surface area contributed by atoms with Crippen molar-refractivity contribution in [3.8, 4) is 5.75 Å². The van der Waals surface area contributed by atoms with E-state index in [1.54, 1.807) is 7.11 Å². The molecule has 1 aliphatic rings. The van der Waals surface area contributed by atoms with E-state index in [0.29, 0.717) is 6.42 Å². The molecule has 142 valence electrons. The van der Waals surface area contributed by atoms with Crippen LogP contribution in [-0.2, 0) is 20.7 Å². The van der Waals surface area contributed by atoms with Crippen LogP contribution in [-0.4, -0.2) is 26.5 Å². The van der Waals surface area contributed by atoms with E-state index in [-0.39, 0.29) is 11.4 Å². The molecule has 2 rings (SSSR count). The van der Waals surface area contributed by atoms with Crippen molar-refractivity contribution in [3.63, 3.8) is 0 Å². The number of esters is 1. The molecule has 1 aliphatic carbocycles. The van der Waals surface area contributed by atoms with Gasteiger partial charge in [0, 0.05) is 5.56 Å². The minimum Gasteiger partial charge on any atom is -0.496 e. The Morgan fingerprint density at radius 2 is 1.96 bits per heavy atom. The maximum Gasteiger partial charge on any atom is 0.311 e. The Morgan fingerprint density at radius 1 is 1.27 bits per heavy atom. The average Bonchev–Trinajstić information content (AvgIpc) is 2.59. The summed E-state index contributed by atoms with van der Waals surface area (Å²) in [6, 6.07) is 5.95. The first-order valence-electron chi connectivity index (χ1n) is 9.06.